The Kier molecular flexibility index (Phi) is 4.93. The summed E-state index contributed by atoms with van der Waals surface area (Å²) in [6.07, 6.45) is 6.39. The lowest BCUT2D eigenvalue weighted by Crippen LogP contribution is -2.57. The van der Waals surface area contributed by atoms with E-state index in [4.69, 9.17) is 9.15 Å². The summed E-state index contributed by atoms with van der Waals surface area (Å²) in [6, 6.07) is 7.76. The van der Waals surface area contributed by atoms with Crippen molar-refractivity contribution < 1.29 is 19.1 Å². The Morgan fingerprint density at radius 1 is 1.12 bits per heavy atom. The number of hydrogen-bond donors (Lipinski definition) is 1. The molecular weight excluding hydrogens is 410 g/mol. The fourth-order valence-electron chi connectivity index (χ4n) is 6.78. The molecule has 6 rings (SSSR count). The Hall–Kier alpha value is -2.16. The molecule has 1 saturated carbocycles. The number of aliphatic hydroxyl groups is 1. The quantitative estimate of drug-likeness (QED) is 0.773. The highest BCUT2D eigenvalue weighted by molar-refractivity contribution is 5.80. The largest absolute Gasteiger partial charge is 0.420 e. The number of hydrogen-bond acceptors (Lipinski definition) is 6. The van der Waals surface area contributed by atoms with Crippen LogP contribution in [-0.4, -0.2) is 75.9 Å². The number of nitrogens with zero attached hydrogens (tertiary/aromatic N) is 3. The van der Waals surface area contributed by atoms with E-state index in [1.54, 1.807) is 12.1 Å². The Morgan fingerprint density at radius 2 is 1.94 bits per heavy atom. The third kappa shape index (κ3) is 3.15. The Bertz CT molecular complexity index is 1070. The SMILES string of the molecule is O=C(Cn1c(=O)oc2ccccc21)N1C[C@@H]2[C@H](CO)[C@H]3CN(C4CCCCC4)C[C@]2(C1)O3. The maximum absolute atomic E-state index is 13.3. The first-order valence-electron chi connectivity index (χ1n) is 12.0. The van der Waals surface area contributed by atoms with Gasteiger partial charge in [-0.2, -0.15) is 0 Å². The normalized spacial score (nSPS) is 33.2. The van der Waals surface area contributed by atoms with Crippen LogP contribution in [0.25, 0.3) is 11.1 Å². The van der Waals surface area contributed by atoms with E-state index in [2.05, 4.69) is 4.90 Å². The zero-order valence-corrected chi connectivity index (χ0v) is 18.3. The summed E-state index contributed by atoms with van der Waals surface area (Å²) in [5, 5.41) is 10.2. The molecule has 8 nitrogen and oxygen atoms in total. The Morgan fingerprint density at radius 3 is 2.75 bits per heavy atom. The number of likely N-dealkylation sites (tertiary alicyclic amines) is 2. The summed E-state index contributed by atoms with van der Waals surface area (Å²) in [7, 11) is 0. The first-order chi connectivity index (χ1) is 15.6. The summed E-state index contributed by atoms with van der Waals surface area (Å²) in [5.74, 6) is -0.427. The lowest BCUT2D eigenvalue weighted by molar-refractivity contribution is -0.142. The van der Waals surface area contributed by atoms with Crippen molar-refractivity contribution in [1.82, 2.24) is 14.4 Å². The van der Waals surface area contributed by atoms with Gasteiger partial charge in [0.15, 0.2) is 5.58 Å². The molecule has 3 saturated heterocycles. The zero-order chi connectivity index (χ0) is 21.9. The highest BCUT2D eigenvalue weighted by Gasteiger charge is 2.63. The molecule has 1 aromatic carbocycles. The van der Waals surface area contributed by atoms with Crippen molar-refractivity contribution in [2.75, 3.05) is 32.8 Å². The predicted molar refractivity (Wildman–Crippen MR) is 117 cm³/mol. The third-order valence-electron chi connectivity index (χ3n) is 8.34. The van der Waals surface area contributed by atoms with Gasteiger partial charge in [0.1, 0.15) is 12.1 Å². The van der Waals surface area contributed by atoms with Crippen LogP contribution in [0.5, 0.6) is 0 Å². The van der Waals surface area contributed by atoms with E-state index in [-0.39, 0.29) is 37.0 Å². The van der Waals surface area contributed by atoms with Crippen LogP contribution in [-0.2, 0) is 16.1 Å². The van der Waals surface area contributed by atoms with Crippen LogP contribution in [0.2, 0.25) is 0 Å². The van der Waals surface area contributed by atoms with Gasteiger partial charge in [-0.05, 0) is 25.0 Å². The number of aliphatic hydroxyl groups excluding tert-OH is 1. The standard InChI is InChI=1S/C24H31N3O5/c28-13-17-18-10-26(22(29)12-27-19-8-4-5-9-20(19)31-23(27)30)15-24(18)14-25(11-21(17)32-24)16-6-2-1-3-7-16/h4-5,8-9,16-18,21,28H,1-3,6-7,10-15H2/t17-,18+,21+,24+/m0/s1. The van der Waals surface area contributed by atoms with E-state index in [1.807, 2.05) is 17.0 Å². The first kappa shape index (κ1) is 20.4. The number of fused-ring (bicyclic) bond motifs is 2. The molecule has 1 amide bonds. The minimum Gasteiger partial charge on any atom is -0.408 e. The second-order valence-electron chi connectivity index (χ2n) is 10.1. The molecule has 172 valence electrons. The van der Waals surface area contributed by atoms with Crippen LogP contribution < -0.4 is 5.76 Å². The van der Waals surface area contributed by atoms with Gasteiger partial charge < -0.3 is 19.2 Å². The number of aromatic nitrogens is 1. The highest BCUT2D eigenvalue weighted by Crippen LogP contribution is 2.50. The van der Waals surface area contributed by atoms with Crippen molar-refractivity contribution >= 4 is 17.0 Å². The Balaban J connectivity index is 1.23. The highest BCUT2D eigenvalue weighted by atomic mass is 16.5. The first-order valence-corrected chi connectivity index (χ1v) is 12.0. The molecule has 4 fully saturated rings. The number of ether oxygens (including phenoxy) is 1. The van der Waals surface area contributed by atoms with Gasteiger partial charge in [0, 0.05) is 44.1 Å². The maximum Gasteiger partial charge on any atom is 0.420 e. The van der Waals surface area contributed by atoms with Crippen LogP contribution in [0.1, 0.15) is 32.1 Å². The number of amides is 1. The topological polar surface area (TPSA) is 88.2 Å². The molecule has 0 radical (unpaired) electrons. The van der Waals surface area contributed by atoms with Crippen molar-refractivity contribution in [1.29, 1.82) is 0 Å². The second kappa shape index (κ2) is 7.71. The van der Waals surface area contributed by atoms with Gasteiger partial charge >= 0.3 is 5.76 Å². The van der Waals surface area contributed by atoms with E-state index in [0.29, 0.717) is 30.2 Å². The number of benzene rings is 1. The predicted octanol–water partition coefficient (Wildman–Crippen LogP) is 1.45. The molecule has 32 heavy (non-hydrogen) atoms. The number of rotatable bonds is 4. The molecule has 4 atom stereocenters. The van der Waals surface area contributed by atoms with Gasteiger partial charge in [0.2, 0.25) is 5.91 Å². The van der Waals surface area contributed by atoms with Crippen molar-refractivity contribution in [3.8, 4) is 0 Å². The second-order valence-corrected chi connectivity index (χ2v) is 10.1. The van der Waals surface area contributed by atoms with Crippen LogP contribution >= 0.6 is 0 Å². The van der Waals surface area contributed by atoms with Gasteiger partial charge in [0.05, 0.1) is 18.2 Å². The van der Waals surface area contributed by atoms with E-state index in [0.717, 1.165) is 13.1 Å². The molecule has 2 aromatic rings. The number of carbonyl (C=O) groups is 1. The number of oxazole rings is 1. The minimum atomic E-state index is -0.511. The molecule has 1 aromatic heterocycles. The van der Waals surface area contributed by atoms with Crippen LogP contribution in [0.15, 0.2) is 33.5 Å². The molecule has 1 aliphatic carbocycles. The van der Waals surface area contributed by atoms with E-state index >= 15 is 0 Å². The number of para-hydroxylation sites is 2. The maximum atomic E-state index is 13.3. The van der Waals surface area contributed by atoms with Crippen molar-refractivity contribution in [3.05, 3.63) is 34.8 Å². The molecule has 4 heterocycles. The molecule has 0 unspecified atom stereocenters. The zero-order valence-electron chi connectivity index (χ0n) is 18.3. The molecule has 1 N–H and O–H groups in total. The van der Waals surface area contributed by atoms with Gasteiger partial charge in [-0.25, -0.2) is 4.79 Å². The number of carbonyl (C=O) groups excluding carboxylic acids is 1. The Labute approximate surface area is 186 Å². The van der Waals surface area contributed by atoms with Crippen molar-refractivity contribution in [3.63, 3.8) is 0 Å². The lowest BCUT2D eigenvalue weighted by atomic mass is 9.83. The fraction of sp³-hybridized carbons (Fsp3) is 0.667. The molecule has 4 aliphatic rings. The molecule has 1 spiro atoms. The van der Waals surface area contributed by atoms with Gasteiger partial charge in [-0.1, -0.05) is 31.4 Å². The summed E-state index contributed by atoms with van der Waals surface area (Å²) < 4.78 is 13.3. The average Bonchev–Trinajstić information content (AvgIpc) is 3.38. The van der Waals surface area contributed by atoms with Crippen molar-refractivity contribution in [2.45, 2.75) is 56.4 Å². The third-order valence-corrected chi connectivity index (χ3v) is 8.34. The fourth-order valence-corrected chi connectivity index (χ4v) is 6.78. The molecular formula is C24H31N3O5. The summed E-state index contributed by atoms with van der Waals surface area (Å²) in [5.41, 5.74) is 0.713. The van der Waals surface area contributed by atoms with Gasteiger partial charge in [0.25, 0.3) is 0 Å². The molecule has 8 heteroatoms. The van der Waals surface area contributed by atoms with Crippen LogP contribution in [0.3, 0.4) is 0 Å². The monoisotopic (exact) mass is 441 g/mol. The van der Waals surface area contributed by atoms with Crippen LogP contribution in [0.4, 0.5) is 0 Å². The van der Waals surface area contributed by atoms with Gasteiger partial charge in [-0.15, -0.1) is 0 Å². The average molecular weight is 442 g/mol. The van der Waals surface area contributed by atoms with E-state index in [9.17, 15) is 14.7 Å². The van der Waals surface area contributed by atoms with Crippen molar-refractivity contribution in [2.24, 2.45) is 11.8 Å². The van der Waals surface area contributed by atoms with E-state index in [1.165, 1.54) is 36.7 Å². The lowest BCUT2D eigenvalue weighted by Gasteiger charge is -2.45. The summed E-state index contributed by atoms with van der Waals surface area (Å²) in [6.45, 7) is 2.86. The van der Waals surface area contributed by atoms with Gasteiger partial charge in [-0.3, -0.25) is 14.3 Å². The summed E-state index contributed by atoms with van der Waals surface area (Å²) in [4.78, 5) is 30.0. The minimum absolute atomic E-state index is 0.0402. The summed E-state index contributed by atoms with van der Waals surface area (Å²) >= 11 is 0. The molecule has 2 bridgehead atoms. The molecule has 3 aliphatic heterocycles. The number of morpholine rings is 1. The van der Waals surface area contributed by atoms with E-state index < -0.39 is 11.4 Å². The van der Waals surface area contributed by atoms with Crippen LogP contribution in [0, 0.1) is 11.8 Å². The smallest absolute Gasteiger partial charge is 0.408 e.